The van der Waals surface area contributed by atoms with E-state index < -0.39 is 0 Å². The quantitative estimate of drug-likeness (QED) is 0.897. The minimum atomic E-state index is 0. The van der Waals surface area contributed by atoms with Crippen LogP contribution in [0.1, 0.15) is 24.5 Å². The number of H-pyrrole nitrogens is 1. The van der Waals surface area contributed by atoms with E-state index in [9.17, 15) is 0 Å². The first-order valence-electron chi connectivity index (χ1n) is 6.11. The average molecular weight is 301 g/mol. The van der Waals surface area contributed by atoms with Crippen molar-refractivity contribution in [2.75, 3.05) is 13.1 Å². The molecule has 1 saturated heterocycles. The van der Waals surface area contributed by atoms with E-state index in [1.807, 2.05) is 18.2 Å². The van der Waals surface area contributed by atoms with E-state index in [-0.39, 0.29) is 24.8 Å². The summed E-state index contributed by atoms with van der Waals surface area (Å²) in [5.74, 6) is 0.588. The highest BCUT2D eigenvalue weighted by atomic mass is 35.5. The van der Waals surface area contributed by atoms with E-state index >= 15 is 0 Å². The van der Waals surface area contributed by atoms with Gasteiger partial charge in [-0.2, -0.15) is 5.10 Å². The van der Waals surface area contributed by atoms with Crippen LogP contribution in [0.3, 0.4) is 0 Å². The topological polar surface area (TPSA) is 53.6 Å². The molecule has 1 aliphatic rings. The Labute approximate surface area is 125 Å². The number of nitrogens with one attached hydrogen (secondary N) is 2. The Morgan fingerprint density at radius 3 is 2.58 bits per heavy atom. The molecule has 104 valence electrons. The van der Waals surface area contributed by atoms with Crippen LogP contribution in [0.15, 0.2) is 30.5 Å². The molecule has 19 heavy (non-hydrogen) atoms. The third-order valence-corrected chi connectivity index (χ3v) is 3.30. The molecule has 0 radical (unpaired) electrons. The third-order valence-electron chi connectivity index (χ3n) is 3.30. The SMILES string of the molecule is Cl.Cl.c1ccc(-c2cc(C3CCNCC3)n[nH]2)nc1. The summed E-state index contributed by atoms with van der Waals surface area (Å²) in [5.41, 5.74) is 3.14. The Morgan fingerprint density at radius 1 is 1.11 bits per heavy atom. The number of hydrogen-bond acceptors (Lipinski definition) is 3. The number of piperidine rings is 1. The Kier molecular flexibility index (Phi) is 6.28. The zero-order valence-electron chi connectivity index (χ0n) is 10.5. The minimum Gasteiger partial charge on any atom is -0.317 e. The molecule has 1 aliphatic heterocycles. The van der Waals surface area contributed by atoms with Crippen LogP contribution in [0.5, 0.6) is 0 Å². The molecule has 0 saturated carbocycles. The first-order valence-corrected chi connectivity index (χ1v) is 6.11. The second-order valence-electron chi connectivity index (χ2n) is 4.45. The lowest BCUT2D eigenvalue weighted by atomic mass is 9.94. The normalized spacial score (nSPS) is 15.4. The second kappa shape index (κ2) is 7.48. The molecular formula is C13H18Cl2N4. The molecule has 2 aromatic rings. The van der Waals surface area contributed by atoms with Crippen molar-refractivity contribution in [3.05, 3.63) is 36.2 Å². The fourth-order valence-corrected chi connectivity index (χ4v) is 2.32. The van der Waals surface area contributed by atoms with Gasteiger partial charge in [-0.25, -0.2) is 0 Å². The van der Waals surface area contributed by atoms with Crippen molar-refractivity contribution in [1.82, 2.24) is 20.5 Å². The Hall–Kier alpha value is -1.10. The van der Waals surface area contributed by atoms with Crippen molar-refractivity contribution in [2.45, 2.75) is 18.8 Å². The smallest absolute Gasteiger partial charge is 0.0880 e. The molecule has 0 aromatic carbocycles. The van der Waals surface area contributed by atoms with Crippen LogP contribution in [0.2, 0.25) is 0 Å². The van der Waals surface area contributed by atoms with E-state index in [0.29, 0.717) is 5.92 Å². The van der Waals surface area contributed by atoms with E-state index in [2.05, 4.69) is 26.6 Å². The van der Waals surface area contributed by atoms with Crippen molar-refractivity contribution in [2.24, 2.45) is 0 Å². The summed E-state index contributed by atoms with van der Waals surface area (Å²) in [4.78, 5) is 4.32. The Bertz CT molecular complexity index is 480. The maximum Gasteiger partial charge on any atom is 0.0880 e. The summed E-state index contributed by atoms with van der Waals surface area (Å²) >= 11 is 0. The van der Waals surface area contributed by atoms with Crippen LogP contribution in [0.4, 0.5) is 0 Å². The Morgan fingerprint density at radius 2 is 1.89 bits per heavy atom. The van der Waals surface area contributed by atoms with Gasteiger partial charge >= 0.3 is 0 Å². The van der Waals surface area contributed by atoms with Crippen LogP contribution < -0.4 is 5.32 Å². The number of nitrogens with zero attached hydrogens (tertiary/aromatic N) is 2. The van der Waals surface area contributed by atoms with Gasteiger partial charge < -0.3 is 5.32 Å². The highest BCUT2D eigenvalue weighted by Gasteiger charge is 2.18. The molecule has 0 amide bonds. The molecule has 0 bridgehead atoms. The summed E-state index contributed by atoms with van der Waals surface area (Å²) in [5, 5.41) is 10.9. The van der Waals surface area contributed by atoms with Gasteiger partial charge in [-0.1, -0.05) is 6.07 Å². The average Bonchev–Trinajstić information content (AvgIpc) is 2.90. The molecule has 6 heteroatoms. The molecule has 0 aliphatic carbocycles. The first kappa shape index (κ1) is 16.0. The van der Waals surface area contributed by atoms with Crippen molar-refractivity contribution in [3.63, 3.8) is 0 Å². The van der Waals surface area contributed by atoms with Gasteiger partial charge in [0.2, 0.25) is 0 Å². The number of pyridine rings is 1. The third kappa shape index (κ3) is 3.69. The molecule has 4 nitrogen and oxygen atoms in total. The standard InChI is InChI=1S/C13H16N4.2ClH/c1-2-6-15-11(3-1)13-9-12(16-17-13)10-4-7-14-8-5-10;;/h1-3,6,9-10,14H,4-5,7-8H2,(H,16,17);2*1H. The summed E-state index contributed by atoms with van der Waals surface area (Å²) in [6.45, 7) is 2.19. The van der Waals surface area contributed by atoms with Crippen molar-refractivity contribution in [1.29, 1.82) is 0 Å². The number of aromatic nitrogens is 3. The fraction of sp³-hybridized carbons (Fsp3) is 0.385. The summed E-state index contributed by atoms with van der Waals surface area (Å²) in [6.07, 6.45) is 4.15. The summed E-state index contributed by atoms with van der Waals surface area (Å²) in [7, 11) is 0. The molecule has 3 heterocycles. The number of rotatable bonds is 2. The summed E-state index contributed by atoms with van der Waals surface area (Å²) in [6, 6.07) is 8.05. The van der Waals surface area contributed by atoms with Gasteiger partial charge in [-0.15, -0.1) is 24.8 Å². The lowest BCUT2D eigenvalue weighted by molar-refractivity contribution is 0.453. The maximum atomic E-state index is 4.42. The van der Waals surface area contributed by atoms with Crippen molar-refractivity contribution < 1.29 is 0 Å². The molecule has 2 N–H and O–H groups in total. The Balaban J connectivity index is 0.000000902. The first-order chi connectivity index (χ1) is 8.43. The van der Waals surface area contributed by atoms with Crippen LogP contribution in [0.25, 0.3) is 11.4 Å². The highest BCUT2D eigenvalue weighted by Crippen LogP contribution is 2.26. The highest BCUT2D eigenvalue weighted by molar-refractivity contribution is 5.85. The lowest BCUT2D eigenvalue weighted by Crippen LogP contribution is -2.26. The molecule has 0 atom stereocenters. The zero-order valence-corrected chi connectivity index (χ0v) is 12.1. The van der Waals surface area contributed by atoms with Crippen molar-refractivity contribution in [3.8, 4) is 11.4 Å². The van der Waals surface area contributed by atoms with Gasteiger partial charge in [0.15, 0.2) is 0 Å². The van der Waals surface area contributed by atoms with Crippen molar-refractivity contribution >= 4 is 24.8 Å². The molecular weight excluding hydrogens is 283 g/mol. The van der Waals surface area contributed by atoms with Gasteiger partial charge in [0.25, 0.3) is 0 Å². The van der Waals surface area contributed by atoms with E-state index in [1.54, 1.807) is 6.20 Å². The van der Waals surface area contributed by atoms with E-state index in [0.717, 1.165) is 24.5 Å². The minimum absolute atomic E-state index is 0. The van der Waals surface area contributed by atoms with Crippen LogP contribution >= 0.6 is 24.8 Å². The molecule has 0 spiro atoms. The monoisotopic (exact) mass is 300 g/mol. The predicted molar refractivity (Wildman–Crippen MR) is 81.2 cm³/mol. The van der Waals surface area contributed by atoms with Gasteiger partial charge in [0, 0.05) is 12.1 Å². The number of aromatic amines is 1. The molecule has 2 aromatic heterocycles. The zero-order chi connectivity index (χ0) is 11.5. The van der Waals surface area contributed by atoms with Gasteiger partial charge in [0.05, 0.1) is 17.1 Å². The number of hydrogen-bond donors (Lipinski definition) is 2. The summed E-state index contributed by atoms with van der Waals surface area (Å²) < 4.78 is 0. The largest absolute Gasteiger partial charge is 0.317 e. The van der Waals surface area contributed by atoms with E-state index in [4.69, 9.17) is 0 Å². The van der Waals surface area contributed by atoms with Crippen LogP contribution in [-0.4, -0.2) is 28.3 Å². The second-order valence-corrected chi connectivity index (χ2v) is 4.45. The van der Waals surface area contributed by atoms with E-state index in [1.165, 1.54) is 18.5 Å². The molecule has 1 fully saturated rings. The van der Waals surface area contributed by atoms with Crippen LogP contribution in [0, 0.1) is 0 Å². The maximum absolute atomic E-state index is 4.42. The van der Waals surface area contributed by atoms with Gasteiger partial charge in [-0.05, 0) is 44.1 Å². The molecule has 0 unspecified atom stereocenters. The lowest BCUT2D eigenvalue weighted by Gasteiger charge is -2.20. The van der Waals surface area contributed by atoms with Gasteiger partial charge in [-0.3, -0.25) is 10.1 Å². The van der Waals surface area contributed by atoms with Crippen LogP contribution in [-0.2, 0) is 0 Å². The predicted octanol–water partition coefficient (Wildman–Crippen LogP) is 2.78. The number of halogens is 2. The molecule has 3 rings (SSSR count). The van der Waals surface area contributed by atoms with Gasteiger partial charge in [0.1, 0.15) is 0 Å². The fourth-order valence-electron chi connectivity index (χ4n) is 2.32.